The first-order valence-electron chi connectivity index (χ1n) is 8.18. The topological polar surface area (TPSA) is 96.8 Å². The summed E-state index contributed by atoms with van der Waals surface area (Å²) in [5.74, 6) is -0.880. The zero-order valence-electron chi connectivity index (χ0n) is 14.6. The van der Waals surface area contributed by atoms with E-state index in [9.17, 15) is 4.79 Å². The fourth-order valence-electron chi connectivity index (χ4n) is 3.47. The molecule has 0 aliphatic carbocycles. The number of rotatable bonds is 5. The lowest BCUT2D eigenvalue weighted by atomic mass is 9.96. The van der Waals surface area contributed by atoms with Gasteiger partial charge in [-0.2, -0.15) is 0 Å². The second-order valence-corrected chi connectivity index (χ2v) is 6.90. The van der Waals surface area contributed by atoms with Crippen molar-refractivity contribution in [2.45, 2.75) is 37.4 Å². The van der Waals surface area contributed by atoms with Crippen LogP contribution in [-0.4, -0.2) is 61.1 Å². The number of nitrogens with zero attached hydrogens (tertiary/aromatic N) is 4. The summed E-state index contributed by atoms with van der Waals surface area (Å²) in [6, 6.07) is 9.08. The summed E-state index contributed by atoms with van der Waals surface area (Å²) in [5, 5.41) is 3.66. The molecule has 2 aliphatic heterocycles. The van der Waals surface area contributed by atoms with Crippen LogP contribution in [0.3, 0.4) is 0 Å². The molecule has 0 saturated carbocycles. The number of ether oxygens (including phenoxy) is 3. The normalized spacial score (nSPS) is 29.7. The third kappa shape index (κ3) is 3.48. The summed E-state index contributed by atoms with van der Waals surface area (Å²) in [4.78, 5) is 17.0. The van der Waals surface area contributed by atoms with Crippen molar-refractivity contribution in [3.63, 3.8) is 0 Å². The molecule has 1 aromatic carbocycles. The van der Waals surface area contributed by atoms with Crippen molar-refractivity contribution in [2.75, 3.05) is 26.7 Å². The Bertz CT molecular complexity index is 689. The number of hydrogen-bond acceptors (Lipinski definition) is 5. The Hall–Kier alpha value is -2.12. The number of azide groups is 1. The van der Waals surface area contributed by atoms with Gasteiger partial charge in [-0.25, -0.2) is 0 Å². The van der Waals surface area contributed by atoms with Crippen LogP contribution in [-0.2, 0) is 14.2 Å². The molecule has 0 aromatic heterocycles. The molecule has 0 N–H and O–H groups in total. The van der Waals surface area contributed by atoms with E-state index in [-0.39, 0.29) is 25.2 Å². The van der Waals surface area contributed by atoms with Crippen LogP contribution >= 0.6 is 0 Å². The van der Waals surface area contributed by atoms with Gasteiger partial charge in [-0.05, 0) is 31.5 Å². The van der Waals surface area contributed by atoms with Crippen molar-refractivity contribution in [1.82, 2.24) is 4.90 Å². The van der Waals surface area contributed by atoms with E-state index in [2.05, 4.69) is 10.0 Å². The first-order chi connectivity index (χ1) is 11.9. The molecule has 8 heteroatoms. The summed E-state index contributed by atoms with van der Waals surface area (Å²) in [6.07, 6.45) is -0.757. The molecule has 3 atom stereocenters. The number of hydrogen-bond donors (Lipinski definition) is 0. The fourth-order valence-corrected chi connectivity index (χ4v) is 3.47. The van der Waals surface area contributed by atoms with Crippen LogP contribution in [0.4, 0.5) is 0 Å². The van der Waals surface area contributed by atoms with E-state index in [0.717, 1.165) is 0 Å². The van der Waals surface area contributed by atoms with Crippen LogP contribution < -0.4 is 0 Å². The maximum absolute atomic E-state index is 12.5. The molecule has 0 unspecified atom stereocenters. The highest BCUT2D eigenvalue weighted by Gasteiger charge is 2.60. The van der Waals surface area contributed by atoms with Crippen molar-refractivity contribution < 1.29 is 19.0 Å². The highest BCUT2D eigenvalue weighted by atomic mass is 16.8. The second kappa shape index (κ2) is 6.65. The van der Waals surface area contributed by atoms with Gasteiger partial charge < -0.3 is 19.1 Å². The lowest BCUT2D eigenvalue weighted by Crippen LogP contribution is -2.47. The van der Waals surface area contributed by atoms with Crippen molar-refractivity contribution in [1.29, 1.82) is 0 Å². The number of likely N-dealkylation sites (N-methyl/N-ethyl adjacent to an activating group) is 1. The van der Waals surface area contributed by atoms with Gasteiger partial charge in [0.05, 0.1) is 13.2 Å². The van der Waals surface area contributed by atoms with E-state index in [1.807, 2.05) is 32.0 Å². The molecule has 2 aliphatic rings. The van der Waals surface area contributed by atoms with Gasteiger partial charge >= 0.3 is 0 Å². The van der Waals surface area contributed by atoms with Gasteiger partial charge in [0, 0.05) is 24.1 Å². The van der Waals surface area contributed by atoms with Crippen LogP contribution in [0, 0.1) is 0 Å². The summed E-state index contributed by atoms with van der Waals surface area (Å²) in [7, 11) is 1.73. The van der Waals surface area contributed by atoms with Crippen LogP contribution in [0.2, 0.25) is 0 Å². The monoisotopic (exact) mass is 346 g/mol. The minimum atomic E-state index is -0.809. The predicted molar refractivity (Wildman–Crippen MR) is 89.9 cm³/mol. The standard InChI is InChI=1S/C17H22N4O4/c1-16(2)24-14-13(23-11-17(14,25-16)10-19-20-18)9-21(3)15(22)12-7-5-4-6-8-12/h4-8,13-14H,9-11H2,1-3H3/t13-,14-,17+/m1/s1. The summed E-state index contributed by atoms with van der Waals surface area (Å²) in [5.41, 5.74) is 8.46. The number of benzene rings is 1. The molecule has 3 rings (SSSR count). The molecule has 0 bridgehead atoms. The largest absolute Gasteiger partial charge is 0.370 e. The molecule has 0 spiro atoms. The number of carbonyl (C=O) groups excluding carboxylic acids is 1. The van der Waals surface area contributed by atoms with Crippen LogP contribution in [0.5, 0.6) is 0 Å². The quantitative estimate of drug-likeness (QED) is 0.464. The summed E-state index contributed by atoms with van der Waals surface area (Å²) >= 11 is 0. The maximum atomic E-state index is 12.5. The molecule has 1 amide bonds. The lowest BCUT2D eigenvalue weighted by molar-refractivity contribution is -0.188. The molecule has 2 heterocycles. The molecule has 134 valence electrons. The number of carbonyl (C=O) groups is 1. The van der Waals surface area contributed by atoms with Gasteiger partial charge in [0.15, 0.2) is 5.79 Å². The van der Waals surface area contributed by atoms with E-state index in [4.69, 9.17) is 19.7 Å². The van der Waals surface area contributed by atoms with Crippen molar-refractivity contribution in [3.05, 3.63) is 46.3 Å². The minimum Gasteiger partial charge on any atom is -0.370 e. The van der Waals surface area contributed by atoms with Crippen molar-refractivity contribution in [3.8, 4) is 0 Å². The van der Waals surface area contributed by atoms with Crippen LogP contribution in [0.1, 0.15) is 24.2 Å². The summed E-state index contributed by atoms with van der Waals surface area (Å²) in [6.45, 7) is 4.39. The molecule has 25 heavy (non-hydrogen) atoms. The molecular weight excluding hydrogens is 324 g/mol. The first-order valence-corrected chi connectivity index (χ1v) is 8.18. The van der Waals surface area contributed by atoms with Crippen molar-refractivity contribution in [2.24, 2.45) is 5.11 Å². The Morgan fingerprint density at radius 2 is 2.12 bits per heavy atom. The summed E-state index contributed by atoms with van der Waals surface area (Å²) < 4.78 is 17.9. The van der Waals surface area contributed by atoms with E-state index in [1.165, 1.54) is 0 Å². The Morgan fingerprint density at radius 1 is 1.40 bits per heavy atom. The average molecular weight is 346 g/mol. The fraction of sp³-hybridized carbons (Fsp3) is 0.588. The average Bonchev–Trinajstić information content (AvgIpc) is 3.04. The van der Waals surface area contributed by atoms with E-state index in [1.54, 1.807) is 24.1 Å². The third-order valence-corrected chi connectivity index (χ3v) is 4.48. The Morgan fingerprint density at radius 3 is 2.80 bits per heavy atom. The van der Waals surface area contributed by atoms with Gasteiger partial charge in [-0.15, -0.1) is 0 Å². The van der Waals surface area contributed by atoms with Gasteiger partial charge in [-0.1, -0.05) is 23.3 Å². The van der Waals surface area contributed by atoms with Gasteiger partial charge in [-0.3, -0.25) is 4.79 Å². The molecular formula is C17H22N4O4. The molecule has 1 aromatic rings. The minimum absolute atomic E-state index is 0.0880. The Balaban J connectivity index is 1.73. The molecule has 0 radical (unpaired) electrons. The first kappa shape index (κ1) is 17.7. The molecule has 2 fully saturated rings. The third-order valence-electron chi connectivity index (χ3n) is 4.48. The van der Waals surface area contributed by atoms with Gasteiger partial charge in [0.25, 0.3) is 5.91 Å². The lowest BCUT2D eigenvalue weighted by Gasteiger charge is -2.26. The van der Waals surface area contributed by atoms with E-state index >= 15 is 0 Å². The number of fused-ring (bicyclic) bond motifs is 1. The van der Waals surface area contributed by atoms with E-state index in [0.29, 0.717) is 12.1 Å². The molecule has 8 nitrogen and oxygen atoms in total. The van der Waals surface area contributed by atoms with E-state index < -0.39 is 17.5 Å². The Labute approximate surface area is 146 Å². The van der Waals surface area contributed by atoms with Gasteiger partial charge in [0.2, 0.25) is 0 Å². The second-order valence-electron chi connectivity index (χ2n) is 6.90. The molecule has 2 saturated heterocycles. The van der Waals surface area contributed by atoms with Crippen LogP contribution in [0.15, 0.2) is 35.4 Å². The van der Waals surface area contributed by atoms with Crippen LogP contribution in [0.25, 0.3) is 10.4 Å². The maximum Gasteiger partial charge on any atom is 0.253 e. The zero-order valence-corrected chi connectivity index (χ0v) is 14.6. The number of amides is 1. The van der Waals surface area contributed by atoms with Gasteiger partial charge in [0.1, 0.15) is 17.8 Å². The predicted octanol–water partition coefficient (Wildman–Crippen LogP) is 2.36. The highest BCUT2D eigenvalue weighted by molar-refractivity contribution is 5.94. The van der Waals surface area contributed by atoms with Crippen molar-refractivity contribution >= 4 is 5.91 Å². The Kier molecular flexibility index (Phi) is 4.71. The zero-order chi connectivity index (χ0) is 18.1. The SMILES string of the molecule is CN(C[C@H]1OC[C@]2(CN=[N+]=[N-])OC(C)(C)O[C@H]12)C(=O)c1ccccc1. The highest BCUT2D eigenvalue weighted by Crippen LogP contribution is 2.43. The smallest absolute Gasteiger partial charge is 0.253 e.